The Labute approximate surface area is 108 Å². The van der Waals surface area contributed by atoms with Crippen molar-refractivity contribution in [1.82, 2.24) is 9.97 Å². The molecule has 0 aliphatic carbocycles. The van der Waals surface area contributed by atoms with E-state index >= 15 is 0 Å². The van der Waals surface area contributed by atoms with Gasteiger partial charge in [0.15, 0.2) is 0 Å². The van der Waals surface area contributed by atoms with E-state index in [-0.39, 0.29) is 5.28 Å². The molecule has 0 aliphatic rings. The minimum absolute atomic E-state index is 0.163. The lowest BCUT2D eigenvalue weighted by atomic mass is 10.1. The van der Waals surface area contributed by atoms with Gasteiger partial charge >= 0.3 is 0 Å². The predicted molar refractivity (Wildman–Crippen MR) is 69.3 cm³/mol. The lowest BCUT2D eigenvalue weighted by Gasteiger charge is -2.02. The van der Waals surface area contributed by atoms with Crippen molar-refractivity contribution in [2.45, 2.75) is 4.90 Å². The maximum Gasteiger partial charge on any atom is 0.224 e. The molecule has 1 heterocycles. The Morgan fingerprint density at radius 1 is 1.06 bits per heavy atom. The van der Waals surface area contributed by atoms with Gasteiger partial charge in [0, 0.05) is 16.5 Å². The summed E-state index contributed by atoms with van der Waals surface area (Å²) in [4.78, 5) is 9.14. The standard InChI is InChI=1S/C11H8Cl2N2S/c1-16-8-4-2-7(3-5-8)9-6-10(12)15-11(13)14-9/h2-6H,1H3. The zero-order valence-corrected chi connectivity index (χ0v) is 10.8. The van der Waals surface area contributed by atoms with Gasteiger partial charge in [-0.2, -0.15) is 0 Å². The number of hydrogen-bond donors (Lipinski definition) is 0. The van der Waals surface area contributed by atoms with Crippen molar-refractivity contribution in [2.75, 3.05) is 6.26 Å². The van der Waals surface area contributed by atoms with Crippen LogP contribution in [0.5, 0.6) is 0 Å². The molecule has 2 aromatic rings. The van der Waals surface area contributed by atoms with Crippen molar-refractivity contribution in [1.29, 1.82) is 0 Å². The van der Waals surface area contributed by atoms with Crippen LogP contribution >= 0.6 is 35.0 Å². The van der Waals surface area contributed by atoms with Crippen LogP contribution in [0, 0.1) is 0 Å². The first kappa shape index (κ1) is 11.7. The molecule has 0 saturated heterocycles. The van der Waals surface area contributed by atoms with E-state index in [0.29, 0.717) is 5.15 Å². The van der Waals surface area contributed by atoms with Crippen LogP contribution in [0.15, 0.2) is 35.2 Å². The van der Waals surface area contributed by atoms with Crippen LogP contribution in [-0.2, 0) is 0 Å². The summed E-state index contributed by atoms with van der Waals surface area (Å²) in [6, 6.07) is 9.73. The second-order valence-corrected chi connectivity index (χ2v) is 4.68. The minimum Gasteiger partial charge on any atom is -0.218 e. The van der Waals surface area contributed by atoms with Gasteiger partial charge in [-0.25, -0.2) is 9.97 Å². The van der Waals surface area contributed by atoms with Crippen LogP contribution < -0.4 is 0 Å². The zero-order chi connectivity index (χ0) is 11.5. The van der Waals surface area contributed by atoms with E-state index in [0.717, 1.165) is 11.3 Å². The van der Waals surface area contributed by atoms with E-state index in [2.05, 4.69) is 9.97 Å². The van der Waals surface area contributed by atoms with Crippen LogP contribution in [0.4, 0.5) is 0 Å². The number of thioether (sulfide) groups is 1. The summed E-state index contributed by atoms with van der Waals surface area (Å²) in [5.41, 5.74) is 1.71. The molecule has 5 heteroatoms. The second-order valence-electron chi connectivity index (χ2n) is 3.07. The molecule has 0 N–H and O–H groups in total. The van der Waals surface area contributed by atoms with Gasteiger partial charge < -0.3 is 0 Å². The van der Waals surface area contributed by atoms with Crippen LogP contribution in [-0.4, -0.2) is 16.2 Å². The number of aromatic nitrogens is 2. The number of benzene rings is 1. The first-order valence-electron chi connectivity index (χ1n) is 4.53. The van der Waals surface area contributed by atoms with E-state index in [4.69, 9.17) is 23.2 Å². The quantitative estimate of drug-likeness (QED) is 0.465. The highest BCUT2D eigenvalue weighted by Gasteiger charge is 2.03. The Balaban J connectivity index is 2.42. The van der Waals surface area contributed by atoms with Gasteiger partial charge in [-0.15, -0.1) is 11.8 Å². The Kier molecular flexibility index (Phi) is 3.69. The molecule has 0 saturated carbocycles. The fourth-order valence-electron chi connectivity index (χ4n) is 1.30. The zero-order valence-electron chi connectivity index (χ0n) is 8.45. The molecular formula is C11H8Cl2N2S. The maximum absolute atomic E-state index is 5.82. The molecule has 0 atom stereocenters. The molecule has 82 valence electrons. The van der Waals surface area contributed by atoms with Gasteiger partial charge in [0.25, 0.3) is 0 Å². The topological polar surface area (TPSA) is 25.8 Å². The third kappa shape index (κ3) is 2.67. The molecule has 2 nitrogen and oxygen atoms in total. The highest BCUT2D eigenvalue weighted by molar-refractivity contribution is 7.98. The molecule has 0 aliphatic heterocycles. The lowest BCUT2D eigenvalue weighted by Crippen LogP contribution is -1.88. The Morgan fingerprint density at radius 2 is 1.75 bits per heavy atom. The predicted octanol–water partition coefficient (Wildman–Crippen LogP) is 4.17. The van der Waals surface area contributed by atoms with E-state index in [1.54, 1.807) is 17.8 Å². The Morgan fingerprint density at radius 3 is 2.31 bits per heavy atom. The molecule has 0 radical (unpaired) electrons. The molecule has 0 fully saturated rings. The Hall–Kier alpha value is -0.770. The van der Waals surface area contributed by atoms with E-state index in [1.807, 2.05) is 30.5 Å². The van der Waals surface area contributed by atoms with Crippen molar-refractivity contribution >= 4 is 35.0 Å². The molecule has 16 heavy (non-hydrogen) atoms. The lowest BCUT2D eigenvalue weighted by molar-refractivity contribution is 1.17. The number of nitrogens with zero attached hydrogens (tertiary/aromatic N) is 2. The molecular weight excluding hydrogens is 263 g/mol. The van der Waals surface area contributed by atoms with Gasteiger partial charge in [-0.1, -0.05) is 23.7 Å². The third-order valence-corrected chi connectivity index (χ3v) is 3.16. The Bertz CT molecular complexity index is 480. The summed E-state index contributed by atoms with van der Waals surface area (Å²) in [6.07, 6.45) is 2.04. The smallest absolute Gasteiger partial charge is 0.218 e. The van der Waals surface area contributed by atoms with Gasteiger partial charge in [-0.05, 0) is 30.0 Å². The van der Waals surface area contributed by atoms with Gasteiger partial charge in [0.05, 0.1) is 5.69 Å². The van der Waals surface area contributed by atoms with Crippen molar-refractivity contribution in [3.8, 4) is 11.3 Å². The first-order valence-corrected chi connectivity index (χ1v) is 6.51. The summed E-state index contributed by atoms with van der Waals surface area (Å²) in [5, 5.41) is 0.514. The molecule has 1 aromatic heterocycles. The summed E-state index contributed by atoms with van der Waals surface area (Å²) < 4.78 is 0. The summed E-state index contributed by atoms with van der Waals surface area (Å²) in [7, 11) is 0. The van der Waals surface area contributed by atoms with Crippen molar-refractivity contribution in [3.05, 3.63) is 40.8 Å². The van der Waals surface area contributed by atoms with E-state index < -0.39 is 0 Å². The minimum atomic E-state index is 0.163. The molecule has 2 rings (SSSR count). The normalized spacial score (nSPS) is 10.4. The van der Waals surface area contributed by atoms with Crippen LogP contribution in [0.1, 0.15) is 0 Å². The second kappa shape index (κ2) is 5.04. The highest BCUT2D eigenvalue weighted by Crippen LogP contribution is 2.24. The van der Waals surface area contributed by atoms with E-state index in [9.17, 15) is 0 Å². The summed E-state index contributed by atoms with van der Waals surface area (Å²) in [5.74, 6) is 0. The molecule has 1 aromatic carbocycles. The van der Waals surface area contributed by atoms with Gasteiger partial charge in [-0.3, -0.25) is 0 Å². The first-order chi connectivity index (χ1) is 7.69. The largest absolute Gasteiger partial charge is 0.224 e. The average molecular weight is 271 g/mol. The highest BCUT2D eigenvalue weighted by atomic mass is 35.5. The van der Waals surface area contributed by atoms with Crippen LogP contribution in [0.3, 0.4) is 0 Å². The number of halogens is 2. The molecule has 0 amide bonds. The molecule has 0 spiro atoms. The SMILES string of the molecule is CSc1ccc(-c2cc(Cl)nc(Cl)n2)cc1. The van der Waals surface area contributed by atoms with Gasteiger partial charge in [0.2, 0.25) is 5.28 Å². The fourth-order valence-corrected chi connectivity index (χ4v) is 2.12. The van der Waals surface area contributed by atoms with Crippen molar-refractivity contribution in [2.24, 2.45) is 0 Å². The van der Waals surface area contributed by atoms with Crippen LogP contribution in [0.2, 0.25) is 10.4 Å². The summed E-state index contributed by atoms with van der Waals surface area (Å²) in [6.45, 7) is 0. The van der Waals surface area contributed by atoms with Crippen LogP contribution in [0.25, 0.3) is 11.3 Å². The average Bonchev–Trinajstić information content (AvgIpc) is 2.28. The molecule has 0 unspecified atom stereocenters. The van der Waals surface area contributed by atoms with Crippen molar-refractivity contribution in [3.63, 3.8) is 0 Å². The maximum atomic E-state index is 5.82. The monoisotopic (exact) mass is 270 g/mol. The summed E-state index contributed by atoms with van der Waals surface area (Å²) >= 11 is 13.3. The van der Waals surface area contributed by atoms with E-state index in [1.165, 1.54) is 4.90 Å². The third-order valence-electron chi connectivity index (χ3n) is 2.05. The van der Waals surface area contributed by atoms with Crippen molar-refractivity contribution < 1.29 is 0 Å². The fraction of sp³-hybridized carbons (Fsp3) is 0.0909. The molecule has 0 bridgehead atoms. The number of rotatable bonds is 2. The number of hydrogen-bond acceptors (Lipinski definition) is 3. The van der Waals surface area contributed by atoms with Gasteiger partial charge in [0.1, 0.15) is 5.15 Å².